The van der Waals surface area contributed by atoms with E-state index in [0.29, 0.717) is 18.9 Å². The molecule has 8 nitrogen and oxygen atoms in total. The van der Waals surface area contributed by atoms with Crippen LogP contribution in [0.2, 0.25) is 0 Å². The molecule has 2 fully saturated rings. The second-order valence-corrected chi connectivity index (χ2v) is 10.2. The molecule has 2 aromatic heterocycles. The first-order chi connectivity index (χ1) is 17.6. The van der Waals surface area contributed by atoms with E-state index in [1.54, 1.807) is 0 Å². The molecule has 5 rings (SSSR count). The number of alkyl carbamates (subject to hydrolysis) is 1. The minimum Gasteiger partial charge on any atom is -0.443 e. The van der Waals surface area contributed by atoms with Gasteiger partial charge in [0.05, 0.1) is 11.4 Å². The summed E-state index contributed by atoms with van der Waals surface area (Å²) in [5, 5.41) is 10.7. The fraction of sp³-hybridized carbons (Fsp3) is 0.500. The molecule has 1 aliphatic heterocycles. The van der Waals surface area contributed by atoms with Gasteiger partial charge in [-0.2, -0.15) is 5.10 Å². The summed E-state index contributed by atoms with van der Waals surface area (Å²) >= 11 is 0. The number of fused-ring (bicyclic) bond motifs is 1. The molecular weight excluding hydrogens is 454 g/mol. The lowest BCUT2D eigenvalue weighted by Gasteiger charge is -2.26. The molecule has 1 saturated carbocycles. The number of piperidine rings is 1. The number of carbonyl (C=O) groups is 2. The lowest BCUT2D eigenvalue weighted by Crippen LogP contribution is -2.37. The zero-order valence-electron chi connectivity index (χ0n) is 20.9. The Morgan fingerprint density at radius 1 is 1.11 bits per heavy atom. The van der Waals surface area contributed by atoms with Crippen LogP contribution >= 0.6 is 0 Å². The number of imidazole rings is 1. The van der Waals surface area contributed by atoms with E-state index in [0.717, 1.165) is 79.3 Å². The number of ether oxygens (including phenoxy) is 1. The van der Waals surface area contributed by atoms with E-state index < -0.39 is 6.09 Å². The summed E-state index contributed by atoms with van der Waals surface area (Å²) in [4.78, 5) is 29.5. The van der Waals surface area contributed by atoms with Crippen molar-refractivity contribution in [2.75, 3.05) is 6.54 Å². The Hall–Kier alpha value is -3.42. The van der Waals surface area contributed by atoms with E-state index in [1.165, 1.54) is 0 Å². The molecule has 1 aromatic carbocycles. The van der Waals surface area contributed by atoms with Gasteiger partial charge in [0, 0.05) is 31.3 Å². The molecule has 1 saturated heterocycles. The predicted octanol–water partition coefficient (Wildman–Crippen LogP) is 4.52. The number of hydrogen-bond donors (Lipinski definition) is 2. The molecule has 2 aliphatic rings. The van der Waals surface area contributed by atoms with Crippen LogP contribution in [0.3, 0.4) is 0 Å². The molecule has 3 heterocycles. The molecule has 0 radical (unpaired) electrons. The van der Waals surface area contributed by atoms with Crippen molar-refractivity contribution in [1.29, 1.82) is 0 Å². The van der Waals surface area contributed by atoms with Gasteiger partial charge in [0.1, 0.15) is 12.3 Å². The van der Waals surface area contributed by atoms with Gasteiger partial charge < -0.3 is 15.4 Å². The summed E-state index contributed by atoms with van der Waals surface area (Å²) in [7, 11) is 0. The molecule has 190 valence electrons. The number of nitrogens with zero attached hydrogens (tertiary/aromatic N) is 3. The van der Waals surface area contributed by atoms with Crippen LogP contribution in [0, 0.1) is 11.8 Å². The van der Waals surface area contributed by atoms with Crippen molar-refractivity contribution < 1.29 is 14.3 Å². The highest BCUT2D eigenvalue weighted by Crippen LogP contribution is 2.37. The van der Waals surface area contributed by atoms with Crippen molar-refractivity contribution in [1.82, 2.24) is 25.2 Å². The Morgan fingerprint density at radius 2 is 1.92 bits per heavy atom. The molecule has 36 heavy (non-hydrogen) atoms. The monoisotopic (exact) mass is 489 g/mol. The van der Waals surface area contributed by atoms with Crippen LogP contribution in [0.5, 0.6) is 0 Å². The average molecular weight is 490 g/mol. The van der Waals surface area contributed by atoms with Crippen LogP contribution in [0.4, 0.5) is 4.79 Å². The third kappa shape index (κ3) is 5.69. The van der Waals surface area contributed by atoms with Crippen molar-refractivity contribution >= 4 is 17.6 Å². The Balaban J connectivity index is 1.34. The molecule has 3 aromatic rings. The number of benzene rings is 1. The third-order valence-corrected chi connectivity index (χ3v) is 7.52. The van der Waals surface area contributed by atoms with Gasteiger partial charge in [-0.05, 0) is 49.3 Å². The van der Waals surface area contributed by atoms with Gasteiger partial charge in [-0.25, -0.2) is 14.3 Å². The van der Waals surface area contributed by atoms with Crippen molar-refractivity contribution in [3.05, 3.63) is 65.1 Å². The fourth-order valence-electron chi connectivity index (χ4n) is 5.43. The number of rotatable bonds is 7. The highest BCUT2D eigenvalue weighted by atomic mass is 16.5. The molecule has 2 amide bonds. The number of amides is 2. The lowest BCUT2D eigenvalue weighted by atomic mass is 9.81. The second-order valence-electron chi connectivity index (χ2n) is 10.2. The van der Waals surface area contributed by atoms with E-state index in [1.807, 2.05) is 47.0 Å². The SMILES string of the molecule is CC1CCC(c2c(COC(=O)NCc3ccccc3)nc3ccc(C[C@@H]4CCCNC4=O)nn23)CC1. The molecule has 0 bridgehead atoms. The lowest BCUT2D eigenvalue weighted by molar-refractivity contribution is -0.126. The van der Waals surface area contributed by atoms with E-state index in [-0.39, 0.29) is 18.4 Å². The molecule has 1 atom stereocenters. The van der Waals surface area contributed by atoms with E-state index in [9.17, 15) is 9.59 Å². The largest absolute Gasteiger partial charge is 0.443 e. The topological polar surface area (TPSA) is 97.6 Å². The Bertz CT molecular complexity index is 1200. The van der Waals surface area contributed by atoms with Crippen LogP contribution < -0.4 is 10.6 Å². The fourth-order valence-corrected chi connectivity index (χ4v) is 5.43. The van der Waals surface area contributed by atoms with Gasteiger partial charge in [-0.1, -0.05) is 50.1 Å². The van der Waals surface area contributed by atoms with Crippen LogP contribution in [0.15, 0.2) is 42.5 Å². The number of nitrogens with one attached hydrogen (secondary N) is 2. The van der Waals surface area contributed by atoms with E-state index in [2.05, 4.69) is 17.6 Å². The number of hydrogen-bond acceptors (Lipinski definition) is 5. The third-order valence-electron chi connectivity index (χ3n) is 7.52. The highest BCUT2D eigenvalue weighted by molar-refractivity contribution is 5.79. The van der Waals surface area contributed by atoms with Gasteiger partial charge in [0.2, 0.25) is 5.91 Å². The van der Waals surface area contributed by atoms with Crippen LogP contribution in [0.25, 0.3) is 5.65 Å². The maximum absolute atomic E-state index is 12.4. The van der Waals surface area contributed by atoms with Crippen LogP contribution in [-0.2, 0) is 29.1 Å². The zero-order valence-corrected chi connectivity index (χ0v) is 20.9. The normalized spacial score (nSPS) is 22.2. The van der Waals surface area contributed by atoms with Gasteiger partial charge in [0.15, 0.2) is 5.65 Å². The van der Waals surface area contributed by atoms with Gasteiger partial charge >= 0.3 is 6.09 Å². The van der Waals surface area contributed by atoms with Crippen LogP contribution in [0.1, 0.15) is 74.0 Å². The van der Waals surface area contributed by atoms with Crippen molar-refractivity contribution in [2.45, 2.75) is 70.9 Å². The highest BCUT2D eigenvalue weighted by Gasteiger charge is 2.28. The summed E-state index contributed by atoms with van der Waals surface area (Å²) in [5.74, 6) is 1.12. The number of carbonyl (C=O) groups excluding carboxylic acids is 2. The van der Waals surface area contributed by atoms with Crippen molar-refractivity contribution in [3.8, 4) is 0 Å². The summed E-state index contributed by atoms with van der Waals surface area (Å²) in [6, 6.07) is 13.7. The van der Waals surface area contributed by atoms with Gasteiger partial charge in [0.25, 0.3) is 0 Å². The van der Waals surface area contributed by atoms with E-state index >= 15 is 0 Å². The van der Waals surface area contributed by atoms with E-state index in [4.69, 9.17) is 14.8 Å². The minimum absolute atomic E-state index is 0.0395. The van der Waals surface area contributed by atoms with Crippen molar-refractivity contribution in [3.63, 3.8) is 0 Å². The molecule has 0 unspecified atom stereocenters. The molecule has 0 spiro atoms. The van der Waals surface area contributed by atoms with Crippen LogP contribution in [-0.4, -0.2) is 33.1 Å². The minimum atomic E-state index is -0.462. The smallest absolute Gasteiger partial charge is 0.407 e. The maximum atomic E-state index is 12.4. The average Bonchev–Trinajstić information content (AvgIpc) is 3.26. The van der Waals surface area contributed by atoms with Gasteiger partial charge in [-0.15, -0.1) is 0 Å². The summed E-state index contributed by atoms with van der Waals surface area (Å²) < 4.78 is 7.53. The summed E-state index contributed by atoms with van der Waals surface area (Å²) in [6.07, 6.45) is 6.52. The standard InChI is InChI=1S/C28H35N5O3/c1-19-9-11-21(12-10-19)26-24(18-36-28(35)30-17-20-6-3-2-4-7-20)31-25-14-13-23(32-33(25)26)16-22-8-5-15-29-27(22)34/h2-4,6-7,13-14,19,21-22H,5,8-12,15-18H2,1H3,(H,29,34)(H,30,35)/t19?,21?,22-/m0/s1. The Labute approximate surface area is 211 Å². The van der Waals surface area contributed by atoms with Crippen molar-refractivity contribution in [2.24, 2.45) is 11.8 Å². The second kappa shape index (κ2) is 11.1. The quantitative estimate of drug-likeness (QED) is 0.509. The molecule has 1 aliphatic carbocycles. The maximum Gasteiger partial charge on any atom is 0.407 e. The number of aromatic nitrogens is 3. The Kier molecular flexibility index (Phi) is 7.49. The predicted molar refractivity (Wildman–Crippen MR) is 136 cm³/mol. The van der Waals surface area contributed by atoms with Gasteiger partial charge in [-0.3, -0.25) is 4.79 Å². The first kappa shape index (κ1) is 24.3. The molecule has 8 heteroatoms. The first-order valence-corrected chi connectivity index (χ1v) is 13.2. The Morgan fingerprint density at radius 3 is 2.69 bits per heavy atom. The molecule has 2 N–H and O–H groups in total. The molecular formula is C28H35N5O3. The summed E-state index contributed by atoms with van der Waals surface area (Å²) in [5.41, 5.74) is 4.47. The zero-order chi connectivity index (χ0) is 24.9. The first-order valence-electron chi connectivity index (χ1n) is 13.2. The summed E-state index contributed by atoms with van der Waals surface area (Å²) in [6.45, 7) is 3.58.